The van der Waals surface area contributed by atoms with E-state index in [1.165, 1.54) is 6.07 Å². The molecule has 2 aromatic carbocycles. The predicted octanol–water partition coefficient (Wildman–Crippen LogP) is 3.91. The second kappa shape index (κ2) is 9.69. The first-order valence-corrected chi connectivity index (χ1v) is 11.6. The molecule has 1 fully saturated rings. The summed E-state index contributed by atoms with van der Waals surface area (Å²) in [5, 5.41) is 11.5. The van der Waals surface area contributed by atoms with Crippen LogP contribution in [0, 0.1) is 18.7 Å². The van der Waals surface area contributed by atoms with E-state index in [4.69, 9.17) is 0 Å². The maximum atomic E-state index is 13.9. The first kappa shape index (κ1) is 22.2. The van der Waals surface area contributed by atoms with Crippen LogP contribution in [0.3, 0.4) is 0 Å². The molecular formula is C26H27FN6O. The van der Waals surface area contributed by atoms with Crippen molar-refractivity contribution in [2.75, 3.05) is 19.6 Å². The summed E-state index contributed by atoms with van der Waals surface area (Å²) in [5.74, 6) is 0.158. The third-order valence-electron chi connectivity index (χ3n) is 6.52. The highest BCUT2D eigenvalue weighted by Crippen LogP contribution is 2.21. The van der Waals surface area contributed by atoms with Gasteiger partial charge in [-0.15, -0.1) is 5.10 Å². The van der Waals surface area contributed by atoms with E-state index in [1.54, 1.807) is 16.9 Å². The minimum atomic E-state index is -0.149. The Bertz CT molecular complexity index is 1310. The molecule has 0 bridgehead atoms. The van der Waals surface area contributed by atoms with Gasteiger partial charge in [0.1, 0.15) is 11.3 Å². The first-order chi connectivity index (χ1) is 16.6. The zero-order chi connectivity index (χ0) is 23.5. The molecular weight excluding hydrogens is 431 g/mol. The number of aromatic nitrogens is 4. The van der Waals surface area contributed by atoms with Crippen LogP contribution < -0.4 is 5.32 Å². The zero-order valence-electron chi connectivity index (χ0n) is 19.1. The van der Waals surface area contributed by atoms with Gasteiger partial charge in [-0.1, -0.05) is 29.5 Å². The summed E-state index contributed by atoms with van der Waals surface area (Å²) < 4.78 is 15.6. The lowest BCUT2D eigenvalue weighted by atomic mass is 9.96. The fourth-order valence-electron chi connectivity index (χ4n) is 4.46. The Hall–Kier alpha value is -3.65. The molecule has 5 rings (SSSR count). The molecule has 34 heavy (non-hydrogen) atoms. The Morgan fingerprint density at radius 1 is 1.12 bits per heavy atom. The molecule has 1 saturated heterocycles. The number of halogens is 1. The van der Waals surface area contributed by atoms with Gasteiger partial charge in [-0.05, 0) is 74.7 Å². The molecule has 0 radical (unpaired) electrons. The second-order valence-corrected chi connectivity index (χ2v) is 8.87. The number of pyridine rings is 1. The van der Waals surface area contributed by atoms with Crippen molar-refractivity contribution in [2.24, 2.45) is 5.92 Å². The van der Waals surface area contributed by atoms with Gasteiger partial charge in [0.2, 0.25) is 0 Å². The van der Waals surface area contributed by atoms with Crippen LogP contribution in [0.2, 0.25) is 0 Å². The van der Waals surface area contributed by atoms with E-state index < -0.39 is 0 Å². The molecule has 7 nitrogen and oxygen atoms in total. The van der Waals surface area contributed by atoms with Crippen molar-refractivity contribution in [3.63, 3.8) is 0 Å². The van der Waals surface area contributed by atoms with Crippen LogP contribution >= 0.6 is 0 Å². The number of aryl methyl sites for hydroxylation is 1. The van der Waals surface area contributed by atoms with Gasteiger partial charge < -0.3 is 5.32 Å². The normalized spacial score (nSPS) is 15.0. The summed E-state index contributed by atoms with van der Waals surface area (Å²) in [6.07, 6.45) is 3.66. The average Bonchev–Trinajstić information content (AvgIpc) is 3.29. The minimum Gasteiger partial charge on any atom is -0.352 e. The molecule has 3 heterocycles. The minimum absolute atomic E-state index is 0.104. The molecule has 1 amide bonds. The fourth-order valence-corrected chi connectivity index (χ4v) is 4.46. The van der Waals surface area contributed by atoms with Crippen LogP contribution in [0.5, 0.6) is 0 Å². The lowest BCUT2D eigenvalue weighted by molar-refractivity contribution is 0.0935. The predicted molar refractivity (Wildman–Crippen MR) is 128 cm³/mol. The number of nitrogens with one attached hydrogen (secondary N) is 1. The van der Waals surface area contributed by atoms with E-state index in [2.05, 4.69) is 25.5 Å². The van der Waals surface area contributed by atoms with E-state index in [-0.39, 0.29) is 11.7 Å². The highest BCUT2D eigenvalue weighted by atomic mass is 19.1. The van der Waals surface area contributed by atoms with E-state index >= 15 is 0 Å². The number of likely N-dealkylation sites (tertiary alicyclic amines) is 1. The third-order valence-corrected chi connectivity index (χ3v) is 6.52. The summed E-state index contributed by atoms with van der Waals surface area (Å²) in [6.45, 7) is 5.03. The van der Waals surface area contributed by atoms with Crippen molar-refractivity contribution in [1.82, 2.24) is 30.2 Å². The smallest absolute Gasteiger partial charge is 0.251 e. The summed E-state index contributed by atoms with van der Waals surface area (Å²) in [6, 6.07) is 16.2. The van der Waals surface area contributed by atoms with Gasteiger partial charge >= 0.3 is 0 Å². The fraction of sp³-hybridized carbons (Fsp3) is 0.308. The largest absolute Gasteiger partial charge is 0.352 e. The number of hydrogen-bond donors (Lipinski definition) is 1. The lowest BCUT2D eigenvalue weighted by Gasteiger charge is -2.32. The van der Waals surface area contributed by atoms with Gasteiger partial charge in [0.25, 0.3) is 5.91 Å². The molecule has 1 aliphatic heterocycles. The van der Waals surface area contributed by atoms with Crippen LogP contribution in [0.1, 0.15) is 34.3 Å². The Morgan fingerprint density at radius 2 is 1.94 bits per heavy atom. The zero-order valence-corrected chi connectivity index (χ0v) is 19.1. The number of fused-ring (bicyclic) bond motifs is 1. The number of carbonyl (C=O) groups excluding carboxylic acids is 1. The van der Waals surface area contributed by atoms with E-state index in [1.807, 2.05) is 49.4 Å². The number of piperidine rings is 1. The van der Waals surface area contributed by atoms with Crippen LogP contribution in [0.4, 0.5) is 4.39 Å². The number of nitrogens with zero attached hydrogens (tertiary/aromatic N) is 5. The maximum absolute atomic E-state index is 13.9. The maximum Gasteiger partial charge on any atom is 0.251 e. The number of hydrogen-bond acceptors (Lipinski definition) is 5. The topological polar surface area (TPSA) is 75.9 Å². The van der Waals surface area contributed by atoms with Crippen molar-refractivity contribution in [3.05, 3.63) is 83.3 Å². The van der Waals surface area contributed by atoms with Gasteiger partial charge in [-0.3, -0.25) is 9.69 Å². The molecule has 0 atom stereocenters. The van der Waals surface area contributed by atoms with Crippen LogP contribution in [0.15, 0.2) is 60.8 Å². The molecule has 2 aromatic heterocycles. The third kappa shape index (κ3) is 4.68. The highest BCUT2D eigenvalue weighted by Gasteiger charge is 2.21. The summed E-state index contributed by atoms with van der Waals surface area (Å²) in [5.41, 5.74) is 4.45. The van der Waals surface area contributed by atoms with Gasteiger partial charge in [0.15, 0.2) is 5.65 Å². The molecule has 1 N–H and O–H groups in total. The second-order valence-electron chi connectivity index (χ2n) is 8.87. The van der Waals surface area contributed by atoms with Crippen molar-refractivity contribution in [2.45, 2.75) is 26.3 Å². The van der Waals surface area contributed by atoms with Crippen LogP contribution in [0.25, 0.3) is 16.9 Å². The Labute approximate surface area is 197 Å². The van der Waals surface area contributed by atoms with E-state index in [0.717, 1.165) is 42.7 Å². The van der Waals surface area contributed by atoms with Crippen LogP contribution in [-0.2, 0) is 6.54 Å². The summed E-state index contributed by atoms with van der Waals surface area (Å²) in [7, 11) is 0. The quantitative estimate of drug-likeness (QED) is 0.474. The van der Waals surface area contributed by atoms with Gasteiger partial charge in [0, 0.05) is 30.4 Å². The molecule has 174 valence electrons. The first-order valence-electron chi connectivity index (χ1n) is 11.6. The number of rotatable bonds is 6. The van der Waals surface area contributed by atoms with Gasteiger partial charge in [0.05, 0.1) is 5.69 Å². The molecule has 0 unspecified atom stereocenters. The lowest BCUT2D eigenvalue weighted by Crippen LogP contribution is -2.38. The highest BCUT2D eigenvalue weighted by molar-refractivity contribution is 5.95. The Kier molecular flexibility index (Phi) is 6.31. The molecule has 0 spiro atoms. The molecule has 0 saturated carbocycles. The van der Waals surface area contributed by atoms with Crippen molar-refractivity contribution in [3.8, 4) is 5.69 Å². The number of benzene rings is 2. The van der Waals surface area contributed by atoms with Crippen molar-refractivity contribution >= 4 is 17.1 Å². The Morgan fingerprint density at radius 3 is 2.76 bits per heavy atom. The number of carbonyl (C=O) groups is 1. The van der Waals surface area contributed by atoms with E-state index in [0.29, 0.717) is 35.7 Å². The molecule has 1 aliphatic rings. The standard InChI is InChI=1S/C26H27FN6O/c1-18-8-9-20(15-24(18)33-25-23(30-31-33)7-4-12-28-25)26(34)29-16-19-10-13-32(14-11-19)17-21-5-2-3-6-22(21)27/h2-9,12,15,19H,10-11,13-14,16-17H2,1H3,(H,29,34). The summed E-state index contributed by atoms with van der Waals surface area (Å²) >= 11 is 0. The van der Waals surface area contributed by atoms with E-state index in [9.17, 15) is 9.18 Å². The monoisotopic (exact) mass is 458 g/mol. The van der Waals surface area contributed by atoms with Crippen molar-refractivity contribution < 1.29 is 9.18 Å². The van der Waals surface area contributed by atoms with Crippen molar-refractivity contribution in [1.29, 1.82) is 0 Å². The average molecular weight is 459 g/mol. The van der Waals surface area contributed by atoms with Crippen LogP contribution in [-0.4, -0.2) is 50.4 Å². The Balaban J connectivity index is 1.19. The molecule has 4 aromatic rings. The van der Waals surface area contributed by atoms with Gasteiger partial charge in [-0.25, -0.2) is 9.37 Å². The number of amides is 1. The molecule has 8 heteroatoms. The molecule has 0 aliphatic carbocycles. The summed E-state index contributed by atoms with van der Waals surface area (Å²) in [4.78, 5) is 19.6. The van der Waals surface area contributed by atoms with Gasteiger partial charge in [-0.2, -0.15) is 4.68 Å². The SMILES string of the molecule is Cc1ccc(C(=O)NCC2CCN(Cc3ccccc3F)CC2)cc1-n1nnc2cccnc21.